The van der Waals surface area contributed by atoms with Crippen molar-refractivity contribution in [3.05, 3.63) is 211 Å². The Morgan fingerprint density at radius 1 is 0.400 bits per heavy atom. The molecule has 0 fully saturated rings. The van der Waals surface area contributed by atoms with E-state index in [9.17, 15) is 0 Å². The van der Waals surface area contributed by atoms with Crippen molar-refractivity contribution in [1.82, 2.24) is 15.0 Å². The number of furan rings is 1. The maximum atomic E-state index is 6.61. The molecule has 0 radical (unpaired) electrons. The molecule has 0 spiro atoms. The molecule has 1 aliphatic carbocycles. The topological polar surface area (TPSA) is 51.8 Å². The summed E-state index contributed by atoms with van der Waals surface area (Å²) in [5.41, 5.74) is 13.3. The fraction of sp³-hybridized carbons (Fsp3) is 0.0536. The van der Waals surface area contributed by atoms with Crippen LogP contribution in [0.4, 0.5) is 0 Å². The molecule has 9 aromatic carbocycles. The Kier molecular flexibility index (Phi) is 8.02. The molecule has 0 saturated heterocycles. The molecule has 4 heteroatoms. The Hall–Kier alpha value is -7.69. The molecule has 0 saturated carbocycles. The van der Waals surface area contributed by atoms with Gasteiger partial charge in [0.15, 0.2) is 17.5 Å². The van der Waals surface area contributed by atoms with Gasteiger partial charge in [-0.3, -0.25) is 0 Å². The van der Waals surface area contributed by atoms with E-state index in [0.29, 0.717) is 17.5 Å². The maximum absolute atomic E-state index is 6.61. The third kappa shape index (κ3) is 5.79. The van der Waals surface area contributed by atoms with E-state index in [1.165, 1.54) is 49.5 Å². The molecule has 0 amide bonds. The normalized spacial score (nSPS) is 13.7. The van der Waals surface area contributed by atoms with E-state index in [2.05, 4.69) is 182 Å². The lowest BCUT2D eigenvalue weighted by atomic mass is 9.82. The zero-order chi connectivity index (χ0) is 39.6. The molecule has 2 aromatic heterocycles. The number of aryl methyl sites for hydroxylation is 1. The van der Waals surface area contributed by atoms with Crippen LogP contribution in [0.25, 0.3) is 99.9 Å². The third-order valence-corrected chi connectivity index (χ3v) is 12.4. The first-order valence-electron chi connectivity index (χ1n) is 20.7. The van der Waals surface area contributed by atoms with Gasteiger partial charge in [-0.1, -0.05) is 170 Å². The summed E-state index contributed by atoms with van der Waals surface area (Å²) in [6.07, 6.45) is 1.86. The molecule has 1 unspecified atom stereocenters. The van der Waals surface area contributed by atoms with Crippen molar-refractivity contribution in [3.8, 4) is 56.4 Å². The van der Waals surface area contributed by atoms with Gasteiger partial charge in [-0.2, -0.15) is 0 Å². The summed E-state index contributed by atoms with van der Waals surface area (Å²) in [5.74, 6) is 1.94. The van der Waals surface area contributed by atoms with Gasteiger partial charge in [-0.05, 0) is 97.6 Å². The monoisotopic (exact) mass is 767 g/mol. The molecule has 1 aliphatic rings. The van der Waals surface area contributed by atoms with Crippen LogP contribution in [0.2, 0.25) is 0 Å². The van der Waals surface area contributed by atoms with Gasteiger partial charge < -0.3 is 4.42 Å². The summed E-state index contributed by atoms with van der Waals surface area (Å²) in [6, 6.07) is 69.1. The highest BCUT2D eigenvalue weighted by molar-refractivity contribution is 6.13. The Bertz CT molecular complexity index is 3440. The molecule has 282 valence electrons. The van der Waals surface area contributed by atoms with Gasteiger partial charge in [-0.25, -0.2) is 15.0 Å². The first-order chi connectivity index (χ1) is 29.7. The van der Waals surface area contributed by atoms with Crippen LogP contribution < -0.4 is 0 Å². The maximum Gasteiger partial charge on any atom is 0.165 e. The molecular formula is C56H37N3O. The second-order valence-electron chi connectivity index (χ2n) is 15.8. The van der Waals surface area contributed by atoms with E-state index in [0.717, 1.165) is 62.4 Å². The van der Waals surface area contributed by atoms with Crippen molar-refractivity contribution < 1.29 is 4.42 Å². The van der Waals surface area contributed by atoms with E-state index in [1.807, 2.05) is 12.1 Å². The molecule has 0 bridgehead atoms. The van der Waals surface area contributed by atoms with Crippen molar-refractivity contribution >= 4 is 43.5 Å². The summed E-state index contributed by atoms with van der Waals surface area (Å²) in [4.78, 5) is 16.1. The molecule has 11 aromatic rings. The number of nitrogens with zero attached hydrogens (tertiary/aromatic N) is 3. The number of para-hydroxylation sites is 1. The highest BCUT2D eigenvalue weighted by atomic mass is 16.3. The van der Waals surface area contributed by atoms with Gasteiger partial charge >= 0.3 is 0 Å². The predicted molar refractivity (Wildman–Crippen MR) is 246 cm³/mol. The smallest absolute Gasteiger partial charge is 0.165 e. The minimum atomic E-state index is 0.0549. The fourth-order valence-corrected chi connectivity index (χ4v) is 9.45. The number of hydrogen-bond acceptors (Lipinski definition) is 4. The van der Waals surface area contributed by atoms with E-state index in [1.54, 1.807) is 0 Å². The molecule has 4 nitrogen and oxygen atoms in total. The average Bonchev–Trinajstić information content (AvgIpc) is 3.62. The number of hydrogen-bond donors (Lipinski definition) is 0. The van der Waals surface area contributed by atoms with Crippen LogP contribution in [0.3, 0.4) is 0 Å². The summed E-state index contributed by atoms with van der Waals surface area (Å²) in [5, 5.41) is 6.90. The standard InChI is InChI=1S/C56H37N3O/c1-2-12-35(13-3-1)37-22-25-38(26-23-37)54-57-55(43-27-24-36-14-4-5-15-39(36)33-43)59-56(58-54)53-47(30-31-51-52(53)48-20-10-11-21-50(48)60-51)46-29-28-42-32-40-16-6-7-17-41(40)34-49(42)45-19-9-8-18-44(45)46/h1-27,30-34,46H,28-29H2. The van der Waals surface area contributed by atoms with Crippen molar-refractivity contribution in [3.63, 3.8) is 0 Å². The highest BCUT2D eigenvalue weighted by Gasteiger charge is 2.30. The van der Waals surface area contributed by atoms with Gasteiger partial charge in [-0.15, -0.1) is 0 Å². The lowest BCUT2D eigenvalue weighted by Crippen LogP contribution is -2.07. The van der Waals surface area contributed by atoms with Crippen LogP contribution in [0, 0.1) is 0 Å². The van der Waals surface area contributed by atoms with E-state index in [4.69, 9.17) is 19.4 Å². The molecule has 0 N–H and O–H groups in total. The van der Waals surface area contributed by atoms with Crippen LogP contribution >= 0.6 is 0 Å². The summed E-state index contributed by atoms with van der Waals surface area (Å²) in [6.45, 7) is 0. The van der Waals surface area contributed by atoms with Crippen LogP contribution in [0.1, 0.15) is 29.0 Å². The highest BCUT2D eigenvalue weighted by Crippen LogP contribution is 2.48. The minimum absolute atomic E-state index is 0.0549. The van der Waals surface area contributed by atoms with Crippen LogP contribution in [0.5, 0.6) is 0 Å². The third-order valence-electron chi connectivity index (χ3n) is 12.4. The van der Waals surface area contributed by atoms with Gasteiger partial charge in [0.2, 0.25) is 0 Å². The molecule has 0 aliphatic heterocycles. The van der Waals surface area contributed by atoms with Crippen LogP contribution in [0.15, 0.2) is 199 Å². The molecule has 12 rings (SSSR count). The second-order valence-corrected chi connectivity index (χ2v) is 15.8. The van der Waals surface area contributed by atoms with E-state index < -0.39 is 0 Å². The Labute approximate surface area is 347 Å². The predicted octanol–water partition coefficient (Wildman–Crippen LogP) is 14.5. The summed E-state index contributed by atoms with van der Waals surface area (Å²) >= 11 is 0. The number of rotatable bonds is 5. The molecular weight excluding hydrogens is 731 g/mol. The van der Waals surface area contributed by atoms with Gasteiger partial charge in [0.05, 0.1) is 0 Å². The zero-order valence-electron chi connectivity index (χ0n) is 32.7. The first kappa shape index (κ1) is 34.4. The summed E-state index contributed by atoms with van der Waals surface area (Å²) in [7, 11) is 0. The van der Waals surface area contributed by atoms with Gasteiger partial charge in [0.1, 0.15) is 11.2 Å². The first-order valence-corrected chi connectivity index (χ1v) is 20.7. The minimum Gasteiger partial charge on any atom is -0.456 e. The lowest BCUT2D eigenvalue weighted by Gasteiger charge is -2.22. The molecule has 60 heavy (non-hydrogen) atoms. The molecule has 2 heterocycles. The molecule has 1 atom stereocenters. The van der Waals surface area contributed by atoms with Crippen molar-refractivity contribution in [1.29, 1.82) is 0 Å². The van der Waals surface area contributed by atoms with Gasteiger partial charge in [0.25, 0.3) is 0 Å². The second kappa shape index (κ2) is 14.0. The number of fused-ring (bicyclic) bond motifs is 8. The Morgan fingerprint density at radius 2 is 1.02 bits per heavy atom. The van der Waals surface area contributed by atoms with Gasteiger partial charge in [0, 0.05) is 33.4 Å². The van der Waals surface area contributed by atoms with Crippen molar-refractivity contribution in [2.45, 2.75) is 18.8 Å². The van der Waals surface area contributed by atoms with Crippen LogP contribution in [-0.2, 0) is 6.42 Å². The van der Waals surface area contributed by atoms with Crippen molar-refractivity contribution in [2.24, 2.45) is 0 Å². The fourth-order valence-electron chi connectivity index (χ4n) is 9.45. The Balaban J connectivity index is 1.11. The quantitative estimate of drug-likeness (QED) is 0.175. The SMILES string of the molecule is c1ccc(-c2ccc(-c3nc(-c4ccc5ccccc5c4)nc(-c4c(C5CCc6cc7ccccc7cc6-c6ccccc65)ccc5oc6ccccc6c45)n3)cc2)cc1. The lowest BCUT2D eigenvalue weighted by molar-refractivity contribution is 0.668. The number of benzene rings is 9. The Morgan fingerprint density at radius 3 is 1.85 bits per heavy atom. The largest absolute Gasteiger partial charge is 0.456 e. The van der Waals surface area contributed by atoms with Crippen LogP contribution in [-0.4, -0.2) is 15.0 Å². The average molecular weight is 768 g/mol. The zero-order valence-corrected chi connectivity index (χ0v) is 32.7. The van der Waals surface area contributed by atoms with E-state index in [-0.39, 0.29) is 5.92 Å². The summed E-state index contributed by atoms with van der Waals surface area (Å²) < 4.78 is 6.61. The van der Waals surface area contributed by atoms with E-state index >= 15 is 0 Å². The number of aromatic nitrogens is 3. The van der Waals surface area contributed by atoms with Crippen molar-refractivity contribution in [2.75, 3.05) is 0 Å².